The van der Waals surface area contributed by atoms with E-state index in [1.807, 2.05) is 18.2 Å². The summed E-state index contributed by atoms with van der Waals surface area (Å²) in [6, 6.07) is 15.6. The van der Waals surface area contributed by atoms with E-state index in [-0.39, 0.29) is 12.5 Å². The van der Waals surface area contributed by atoms with Crippen molar-refractivity contribution in [2.45, 2.75) is 45.2 Å². The van der Waals surface area contributed by atoms with Gasteiger partial charge >= 0.3 is 0 Å². The minimum absolute atomic E-state index is 0.0672. The van der Waals surface area contributed by atoms with Crippen molar-refractivity contribution in [2.24, 2.45) is 0 Å². The minimum atomic E-state index is -0.115. The summed E-state index contributed by atoms with van der Waals surface area (Å²) in [6.07, 6.45) is 3.74. The summed E-state index contributed by atoms with van der Waals surface area (Å²) in [5.74, 6) is 0.582. The third-order valence-electron chi connectivity index (χ3n) is 5.33. The molecule has 2 aliphatic heterocycles. The molecule has 5 heteroatoms. The zero-order valence-corrected chi connectivity index (χ0v) is 15.3. The van der Waals surface area contributed by atoms with E-state index in [4.69, 9.17) is 4.74 Å². The Morgan fingerprint density at radius 2 is 1.92 bits per heavy atom. The van der Waals surface area contributed by atoms with Gasteiger partial charge in [0.2, 0.25) is 0 Å². The lowest BCUT2D eigenvalue weighted by Gasteiger charge is -2.30. The van der Waals surface area contributed by atoms with Crippen LogP contribution in [0.15, 0.2) is 42.5 Å². The van der Waals surface area contributed by atoms with Crippen LogP contribution in [0.1, 0.15) is 33.1 Å². The summed E-state index contributed by atoms with van der Waals surface area (Å²) in [6.45, 7) is 4.65. The molecule has 0 radical (unpaired) electrons. The van der Waals surface area contributed by atoms with Crippen molar-refractivity contribution in [3.8, 4) is 5.75 Å². The van der Waals surface area contributed by atoms with Crippen molar-refractivity contribution in [2.75, 3.05) is 22.1 Å². The number of ether oxygens (including phenoxy) is 1. The number of hydrogen-bond acceptors (Lipinski definition) is 4. The van der Waals surface area contributed by atoms with Crippen LogP contribution in [0.3, 0.4) is 0 Å². The molecule has 2 aromatic carbocycles. The molecule has 2 N–H and O–H groups in total. The lowest BCUT2D eigenvalue weighted by Crippen LogP contribution is -2.33. The second-order valence-corrected chi connectivity index (χ2v) is 7.12. The smallest absolute Gasteiger partial charge is 0.262 e. The van der Waals surface area contributed by atoms with Gasteiger partial charge in [-0.2, -0.15) is 0 Å². The number of benzene rings is 2. The van der Waals surface area contributed by atoms with Crippen LogP contribution in [-0.4, -0.2) is 24.6 Å². The van der Waals surface area contributed by atoms with Gasteiger partial charge in [-0.3, -0.25) is 4.79 Å². The quantitative estimate of drug-likeness (QED) is 0.850. The van der Waals surface area contributed by atoms with Crippen molar-refractivity contribution >= 4 is 28.7 Å². The molecule has 4 rings (SSSR count). The van der Waals surface area contributed by atoms with Gasteiger partial charge in [0.25, 0.3) is 5.91 Å². The molecule has 0 aromatic heterocycles. The van der Waals surface area contributed by atoms with Crippen molar-refractivity contribution in [3.63, 3.8) is 0 Å². The number of nitrogens with zero attached hydrogens (tertiary/aromatic N) is 1. The molecule has 2 heterocycles. The highest BCUT2D eigenvalue weighted by atomic mass is 16.5. The average Bonchev–Trinajstić information content (AvgIpc) is 3.03. The zero-order chi connectivity index (χ0) is 18.1. The van der Waals surface area contributed by atoms with E-state index in [1.165, 1.54) is 24.9 Å². The SMILES string of the molecule is CCC1CCC(C)N1c1ccc(Nc2ccc3c(c2)OCC(=O)N3)cc1. The van der Waals surface area contributed by atoms with Crippen molar-refractivity contribution < 1.29 is 9.53 Å². The van der Waals surface area contributed by atoms with Gasteiger partial charge < -0.3 is 20.3 Å². The molecular weight excluding hydrogens is 326 g/mol. The van der Waals surface area contributed by atoms with Crippen LogP contribution in [0, 0.1) is 0 Å². The van der Waals surface area contributed by atoms with Gasteiger partial charge in [0, 0.05) is 35.2 Å². The third-order valence-corrected chi connectivity index (χ3v) is 5.33. The number of rotatable bonds is 4. The van der Waals surface area contributed by atoms with Crippen LogP contribution in [0.4, 0.5) is 22.7 Å². The standard InChI is InChI=1S/C21H25N3O2/c1-3-17-8-4-14(2)24(17)18-9-5-15(6-10-18)22-16-7-11-19-20(12-16)26-13-21(25)23-19/h5-7,9-12,14,17,22H,3-4,8,13H2,1-2H3,(H,23,25). The molecule has 1 fully saturated rings. The Hall–Kier alpha value is -2.69. The van der Waals surface area contributed by atoms with Gasteiger partial charge in [0.05, 0.1) is 5.69 Å². The lowest BCUT2D eigenvalue weighted by atomic mass is 10.1. The van der Waals surface area contributed by atoms with E-state index < -0.39 is 0 Å². The van der Waals surface area contributed by atoms with Crippen molar-refractivity contribution in [1.82, 2.24) is 0 Å². The summed E-state index contributed by atoms with van der Waals surface area (Å²) in [4.78, 5) is 13.9. The molecule has 2 atom stereocenters. The van der Waals surface area contributed by atoms with Crippen LogP contribution in [0.2, 0.25) is 0 Å². The molecule has 26 heavy (non-hydrogen) atoms. The molecule has 5 nitrogen and oxygen atoms in total. The number of anilines is 4. The second-order valence-electron chi connectivity index (χ2n) is 7.12. The maximum absolute atomic E-state index is 11.4. The molecular formula is C21H25N3O2. The van der Waals surface area contributed by atoms with Gasteiger partial charge in [0.15, 0.2) is 6.61 Å². The second kappa shape index (κ2) is 6.90. The van der Waals surface area contributed by atoms with Crippen molar-refractivity contribution in [1.29, 1.82) is 0 Å². The Morgan fingerprint density at radius 1 is 1.15 bits per heavy atom. The van der Waals surface area contributed by atoms with Gasteiger partial charge in [-0.15, -0.1) is 0 Å². The highest BCUT2D eigenvalue weighted by Gasteiger charge is 2.29. The first-order valence-electron chi connectivity index (χ1n) is 9.36. The zero-order valence-electron chi connectivity index (χ0n) is 15.3. The summed E-state index contributed by atoms with van der Waals surface area (Å²) in [5.41, 5.74) is 3.99. The first-order chi connectivity index (χ1) is 12.6. The molecule has 1 amide bonds. The fourth-order valence-corrected chi connectivity index (χ4v) is 3.97. The summed E-state index contributed by atoms with van der Waals surface area (Å²) < 4.78 is 5.48. The van der Waals surface area contributed by atoms with Gasteiger partial charge in [-0.05, 0) is 62.6 Å². The van der Waals surface area contributed by atoms with Gasteiger partial charge in [0.1, 0.15) is 5.75 Å². The first-order valence-corrected chi connectivity index (χ1v) is 9.36. The minimum Gasteiger partial charge on any atom is -0.482 e. The number of fused-ring (bicyclic) bond motifs is 1. The monoisotopic (exact) mass is 351 g/mol. The Balaban J connectivity index is 1.49. The molecule has 2 unspecified atom stereocenters. The van der Waals surface area contributed by atoms with E-state index in [0.717, 1.165) is 17.1 Å². The molecule has 0 spiro atoms. The lowest BCUT2D eigenvalue weighted by molar-refractivity contribution is -0.118. The molecule has 0 aliphatic carbocycles. The van der Waals surface area contributed by atoms with Crippen LogP contribution in [0.25, 0.3) is 0 Å². The maximum Gasteiger partial charge on any atom is 0.262 e. The van der Waals surface area contributed by atoms with Crippen LogP contribution in [0.5, 0.6) is 5.75 Å². The number of hydrogen-bond donors (Lipinski definition) is 2. The maximum atomic E-state index is 11.4. The predicted molar refractivity (Wildman–Crippen MR) is 106 cm³/mol. The van der Waals surface area contributed by atoms with E-state index in [2.05, 4.69) is 53.6 Å². The van der Waals surface area contributed by atoms with E-state index >= 15 is 0 Å². The van der Waals surface area contributed by atoms with Crippen LogP contribution in [-0.2, 0) is 4.79 Å². The van der Waals surface area contributed by atoms with Gasteiger partial charge in [-0.1, -0.05) is 6.92 Å². The molecule has 0 saturated carbocycles. The fourth-order valence-electron chi connectivity index (χ4n) is 3.97. The normalized spacial score (nSPS) is 21.8. The Labute approximate surface area is 154 Å². The Kier molecular flexibility index (Phi) is 4.45. The van der Waals surface area contributed by atoms with Gasteiger partial charge in [-0.25, -0.2) is 0 Å². The Bertz CT molecular complexity index is 803. The van der Waals surface area contributed by atoms with Crippen LogP contribution < -0.4 is 20.3 Å². The number of carbonyl (C=O) groups is 1. The molecule has 2 aromatic rings. The van der Waals surface area contributed by atoms with E-state index in [1.54, 1.807) is 0 Å². The molecule has 2 aliphatic rings. The predicted octanol–water partition coefficient (Wildman–Crippen LogP) is 4.53. The van der Waals surface area contributed by atoms with Crippen LogP contribution >= 0.6 is 0 Å². The molecule has 1 saturated heterocycles. The number of amides is 1. The van der Waals surface area contributed by atoms with Crippen molar-refractivity contribution in [3.05, 3.63) is 42.5 Å². The first kappa shape index (κ1) is 16.8. The highest BCUT2D eigenvalue weighted by molar-refractivity contribution is 5.95. The highest BCUT2D eigenvalue weighted by Crippen LogP contribution is 2.34. The Morgan fingerprint density at radius 3 is 2.69 bits per heavy atom. The molecule has 136 valence electrons. The number of carbonyl (C=O) groups excluding carboxylic acids is 1. The molecule has 0 bridgehead atoms. The summed E-state index contributed by atoms with van der Waals surface area (Å²) >= 11 is 0. The average molecular weight is 351 g/mol. The third kappa shape index (κ3) is 3.21. The summed E-state index contributed by atoms with van der Waals surface area (Å²) in [7, 11) is 0. The fraction of sp³-hybridized carbons (Fsp3) is 0.381. The number of nitrogens with one attached hydrogen (secondary N) is 2. The van der Waals surface area contributed by atoms with E-state index in [9.17, 15) is 4.79 Å². The largest absolute Gasteiger partial charge is 0.482 e. The van der Waals surface area contributed by atoms with E-state index in [0.29, 0.717) is 17.8 Å². The topological polar surface area (TPSA) is 53.6 Å². The summed E-state index contributed by atoms with van der Waals surface area (Å²) in [5, 5.41) is 6.21.